The van der Waals surface area contributed by atoms with Crippen molar-refractivity contribution in [3.63, 3.8) is 0 Å². The molecule has 1 aromatic rings. The van der Waals surface area contributed by atoms with Crippen LogP contribution >= 0.6 is 23.2 Å². The van der Waals surface area contributed by atoms with Crippen LogP contribution in [0.15, 0.2) is 18.2 Å². The minimum absolute atomic E-state index is 0.130. The number of benzene rings is 1. The zero-order chi connectivity index (χ0) is 13.1. The Labute approximate surface area is 112 Å². The molecule has 4 heteroatoms. The van der Waals surface area contributed by atoms with Gasteiger partial charge in [0.05, 0.1) is 5.54 Å². The summed E-state index contributed by atoms with van der Waals surface area (Å²) in [5.74, 6) is 0.440. The Morgan fingerprint density at radius 1 is 1.29 bits per heavy atom. The number of aryl methyl sites for hydroxylation is 2. The van der Waals surface area contributed by atoms with Crippen molar-refractivity contribution in [2.24, 2.45) is 0 Å². The first-order valence-electron chi connectivity index (χ1n) is 5.43. The fourth-order valence-corrected chi connectivity index (χ4v) is 1.84. The number of hydrogen-bond donors (Lipinski definition) is 1. The molecule has 1 N–H and O–H groups in total. The third-order valence-electron chi connectivity index (χ3n) is 2.64. The highest BCUT2D eigenvalue weighted by Crippen LogP contribution is 2.14. The van der Waals surface area contributed by atoms with Gasteiger partial charge in [-0.05, 0) is 32.4 Å². The Morgan fingerprint density at radius 2 is 1.88 bits per heavy atom. The van der Waals surface area contributed by atoms with Crippen LogP contribution in [-0.4, -0.2) is 23.2 Å². The highest BCUT2D eigenvalue weighted by Gasteiger charge is 2.25. The number of carbonyl (C=O) groups is 1. The fraction of sp³-hybridized carbons (Fsp3) is 0.462. The van der Waals surface area contributed by atoms with Crippen LogP contribution in [0.1, 0.15) is 28.4 Å². The molecule has 0 aromatic heterocycles. The van der Waals surface area contributed by atoms with Crippen LogP contribution in [0.5, 0.6) is 0 Å². The zero-order valence-corrected chi connectivity index (χ0v) is 11.8. The third kappa shape index (κ3) is 3.62. The molecule has 0 saturated heterocycles. The van der Waals surface area contributed by atoms with E-state index in [0.717, 1.165) is 11.1 Å². The van der Waals surface area contributed by atoms with Crippen molar-refractivity contribution in [1.29, 1.82) is 0 Å². The van der Waals surface area contributed by atoms with E-state index in [4.69, 9.17) is 23.2 Å². The van der Waals surface area contributed by atoms with E-state index in [1.807, 2.05) is 39.0 Å². The van der Waals surface area contributed by atoms with Gasteiger partial charge in [0.1, 0.15) is 0 Å². The molecule has 0 fully saturated rings. The number of halogens is 2. The molecule has 1 rings (SSSR count). The quantitative estimate of drug-likeness (QED) is 0.839. The largest absolute Gasteiger partial charge is 0.344 e. The molecule has 1 aromatic carbocycles. The lowest BCUT2D eigenvalue weighted by molar-refractivity contribution is 0.0920. The zero-order valence-electron chi connectivity index (χ0n) is 10.3. The normalized spacial score (nSPS) is 11.4. The molecular weight excluding hydrogens is 257 g/mol. The Hall–Kier alpha value is -0.730. The van der Waals surface area contributed by atoms with Crippen molar-refractivity contribution in [3.05, 3.63) is 34.9 Å². The maximum atomic E-state index is 12.1. The maximum Gasteiger partial charge on any atom is 0.252 e. The highest BCUT2D eigenvalue weighted by molar-refractivity contribution is 6.22. The average Bonchev–Trinajstić information content (AvgIpc) is 2.32. The minimum atomic E-state index is -0.573. The molecule has 0 aliphatic rings. The van der Waals surface area contributed by atoms with Crippen molar-refractivity contribution in [1.82, 2.24) is 5.32 Å². The van der Waals surface area contributed by atoms with Crippen LogP contribution in [0.25, 0.3) is 0 Å². The molecule has 17 heavy (non-hydrogen) atoms. The van der Waals surface area contributed by atoms with Crippen molar-refractivity contribution in [3.8, 4) is 0 Å². The van der Waals surface area contributed by atoms with Crippen LogP contribution in [0.3, 0.4) is 0 Å². The van der Waals surface area contributed by atoms with Crippen molar-refractivity contribution in [2.45, 2.75) is 26.3 Å². The SMILES string of the molecule is Cc1ccc(C)c(C(=O)NC(C)(CCl)CCl)c1. The predicted molar refractivity (Wildman–Crippen MR) is 73.2 cm³/mol. The van der Waals surface area contributed by atoms with Crippen molar-refractivity contribution in [2.75, 3.05) is 11.8 Å². The smallest absolute Gasteiger partial charge is 0.252 e. The van der Waals surface area contributed by atoms with Gasteiger partial charge in [0.15, 0.2) is 0 Å². The number of rotatable bonds is 4. The summed E-state index contributed by atoms with van der Waals surface area (Å²) in [4.78, 5) is 12.1. The van der Waals surface area contributed by atoms with E-state index in [2.05, 4.69) is 5.32 Å². The summed E-state index contributed by atoms with van der Waals surface area (Å²) >= 11 is 11.6. The molecule has 0 radical (unpaired) electrons. The molecule has 0 atom stereocenters. The summed E-state index contributed by atoms with van der Waals surface area (Å²) in [5.41, 5.74) is 2.10. The lowest BCUT2D eigenvalue weighted by Crippen LogP contribution is -2.49. The standard InChI is InChI=1S/C13H17Cl2NO/c1-9-4-5-10(2)11(6-9)12(17)16-13(3,7-14)8-15/h4-6H,7-8H2,1-3H3,(H,16,17). The summed E-state index contributed by atoms with van der Waals surface area (Å²) in [5, 5.41) is 2.87. The number of hydrogen-bond acceptors (Lipinski definition) is 1. The average molecular weight is 274 g/mol. The predicted octanol–water partition coefficient (Wildman–Crippen LogP) is 3.27. The molecule has 94 valence electrons. The first-order valence-corrected chi connectivity index (χ1v) is 6.50. The lowest BCUT2D eigenvalue weighted by Gasteiger charge is -2.26. The Morgan fingerprint density at radius 3 is 2.41 bits per heavy atom. The van der Waals surface area contributed by atoms with E-state index in [1.54, 1.807) is 0 Å². The van der Waals surface area contributed by atoms with Crippen LogP contribution < -0.4 is 5.32 Å². The molecule has 0 unspecified atom stereocenters. The first kappa shape index (κ1) is 14.3. The third-order valence-corrected chi connectivity index (χ3v) is 3.82. The minimum Gasteiger partial charge on any atom is -0.344 e. The summed E-state index contributed by atoms with van der Waals surface area (Å²) in [7, 11) is 0. The van der Waals surface area contributed by atoms with E-state index in [-0.39, 0.29) is 17.7 Å². The summed E-state index contributed by atoms with van der Waals surface area (Å²) < 4.78 is 0. The van der Waals surface area contributed by atoms with E-state index in [0.29, 0.717) is 5.56 Å². The Bertz CT molecular complexity index is 414. The van der Waals surface area contributed by atoms with E-state index in [1.165, 1.54) is 0 Å². The summed E-state index contributed by atoms with van der Waals surface area (Å²) in [6.45, 7) is 5.70. The monoisotopic (exact) mass is 273 g/mol. The van der Waals surface area contributed by atoms with Gasteiger partial charge in [-0.2, -0.15) is 0 Å². The molecule has 1 amide bonds. The van der Waals surface area contributed by atoms with Crippen LogP contribution in [0.4, 0.5) is 0 Å². The molecule has 0 spiro atoms. The number of amides is 1. The topological polar surface area (TPSA) is 29.1 Å². The second-order valence-corrected chi connectivity index (χ2v) is 5.13. The number of carbonyl (C=O) groups excluding carboxylic acids is 1. The summed E-state index contributed by atoms with van der Waals surface area (Å²) in [6, 6.07) is 5.78. The first-order chi connectivity index (χ1) is 7.91. The van der Waals surface area contributed by atoms with Crippen molar-refractivity contribution < 1.29 is 4.79 Å². The molecule has 2 nitrogen and oxygen atoms in total. The van der Waals surface area contributed by atoms with Crippen LogP contribution in [-0.2, 0) is 0 Å². The van der Waals surface area contributed by atoms with Gasteiger partial charge in [0.25, 0.3) is 5.91 Å². The van der Waals surface area contributed by atoms with Crippen LogP contribution in [0, 0.1) is 13.8 Å². The fourth-order valence-electron chi connectivity index (χ4n) is 1.42. The van der Waals surface area contributed by atoms with Gasteiger partial charge in [-0.3, -0.25) is 4.79 Å². The van der Waals surface area contributed by atoms with Gasteiger partial charge >= 0.3 is 0 Å². The van der Waals surface area contributed by atoms with Gasteiger partial charge in [-0.15, -0.1) is 23.2 Å². The number of nitrogens with one attached hydrogen (secondary N) is 1. The molecule has 0 aliphatic carbocycles. The van der Waals surface area contributed by atoms with Gasteiger partial charge in [-0.1, -0.05) is 17.7 Å². The molecule has 0 aliphatic heterocycles. The van der Waals surface area contributed by atoms with Gasteiger partial charge < -0.3 is 5.32 Å². The second kappa shape index (κ2) is 5.74. The Kier molecular flexibility index (Phi) is 4.84. The van der Waals surface area contributed by atoms with E-state index in [9.17, 15) is 4.79 Å². The summed E-state index contributed by atoms with van der Waals surface area (Å²) in [6.07, 6.45) is 0. The number of alkyl halides is 2. The lowest BCUT2D eigenvalue weighted by atomic mass is 10.0. The molecule has 0 bridgehead atoms. The van der Waals surface area contributed by atoms with Gasteiger partial charge in [0.2, 0.25) is 0 Å². The van der Waals surface area contributed by atoms with Crippen molar-refractivity contribution >= 4 is 29.1 Å². The molecule has 0 heterocycles. The van der Waals surface area contributed by atoms with E-state index >= 15 is 0 Å². The van der Waals surface area contributed by atoms with E-state index < -0.39 is 5.54 Å². The van der Waals surface area contributed by atoms with Crippen LogP contribution in [0.2, 0.25) is 0 Å². The second-order valence-electron chi connectivity index (χ2n) is 4.60. The maximum absolute atomic E-state index is 12.1. The van der Waals surface area contributed by atoms with Gasteiger partial charge in [-0.25, -0.2) is 0 Å². The van der Waals surface area contributed by atoms with Gasteiger partial charge in [0, 0.05) is 17.3 Å². The Balaban J connectivity index is 2.94. The highest BCUT2D eigenvalue weighted by atomic mass is 35.5. The molecular formula is C13H17Cl2NO. The molecule has 0 saturated carbocycles.